The first-order chi connectivity index (χ1) is 10.4. The summed E-state index contributed by atoms with van der Waals surface area (Å²) in [6.45, 7) is 0.0764. The number of carboxylic acids is 1. The van der Waals surface area contributed by atoms with Crippen molar-refractivity contribution < 1.29 is 29.3 Å². The average molecular weight is 305 g/mol. The number of aliphatic hydroxyl groups excluding tert-OH is 1. The number of hydrogen-bond donors (Lipinski definition) is 2. The Morgan fingerprint density at radius 3 is 2.68 bits per heavy atom. The van der Waals surface area contributed by atoms with Crippen LogP contribution in [-0.4, -0.2) is 40.4 Å². The van der Waals surface area contributed by atoms with Gasteiger partial charge in [0.25, 0.3) is 5.78 Å². The lowest BCUT2D eigenvalue weighted by Gasteiger charge is -2.05. The van der Waals surface area contributed by atoms with Gasteiger partial charge in [-0.3, -0.25) is 4.79 Å². The van der Waals surface area contributed by atoms with Gasteiger partial charge in [-0.15, -0.1) is 0 Å². The van der Waals surface area contributed by atoms with E-state index in [4.69, 9.17) is 14.6 Å². The number of rotatable bonds is 6. The number of methoxy groups -OCH3 is 1. The zero-order valence-electron chi connectivity index (χ0n) is 12.1. The summed E-state index contributed by atoms with van der Waals surface area (Å²) in [5.74, 6) is -2.71. The Morgan fingerprint density at radius 2 is 2.05 bits per heavy atom. The third-order valence-corrected chi connectivity index (χ3v) is 3.06. The fourth-order valence-electron chi connectivity index (χ4n) is 2.06. The fourth-order valence-corrected chi connectivity index (χ4v) is 2.06. The van der Waals surface area contributed by atoms with E-state index in [-0.39, 0.29) is 6.79 Å². The molecule has 0 aliphatic carbocycles. The number of ether oxygens (including phenoxy) is 2. The van der Waals surface area contributed by atoms with Gasteiger partial charge in [-0.25, -0.2) is 4.79 Å². The Balaban J connectivity index is 2.49. The Bertz CT molecular complexity index is 759. The zero-order chi connectivity index (χ0) is 16.3. The van der Waals surface area contributed by atoms with Crippen LogP contribution in [-0.2, 0) is 21.4 Å². The summed E-state index contributed by atoms with van der Waals surface area (Å²) >= 11 is 0. The molecule has 116 valence electrons. The number of fused-ring (bicyclic) bond motifs is 1. The van der Waals surface area contributed by atoms with Crippen LogP contribution in [0.25, 0.3) is 16.7 Å². The summed E-state index contributed by atoms with van der Waals surface area (Å²) in [4.78, 5) is 21.8. The number of aliphatic hydroxyl groups is 1. The number of aliphatic carboxylic acids is 1. The molecule has 0 amide bonds. The number of nitrogens with zero attached hydrogens (tertiary/aromatic N) is 1. The largest absolute Gasteiger partial charge is 0.507 e. The van der Waals surface area contributed by atoms with E-state index in [0.717, 1.165) is 5.52 Å². The molecule has 1 aromatic heterocycles. The monoisotopic (exact) mass is 305 g/mol. The molecule has 0 bridgehead atoms. The number of benzene rings is 1. The van der Waals surface area contributed by atoms with Crippen molar-refractivity contribution in [3.05, 3.63) is 36.0 Å². The first-order valence-electron chi connectivity index (χ1n) is 6.33. The third-order valence-electron chi connectivity index (χ3n) is 3.06. The van der Waals surface area contributed by atoms with Crippen molar-refractivity contribution in [2.45, 2.75) is 0 Å². The Morgan fingerprint density at radius 1 is 1.32 bits per heavy atom. The average Bonchev–Trinajstić information content (AvgIpc) is 2.81. The number of carboxylic acid groups (broad SMARTS) is 1. The number of aromatic nitrogens is 1. The molecule has 0 unspecified atom stereocenters. The molecule has 7 nitrogen and oxygen atoms in total. The number of hydrogen-bond acceptors (Lipinski definition) is 5. The molecule has 0 aliphatic rings. The van der Waals surface area contributed by atoms with Gasteiger partial charge in [0, 0.05) is 42.9 Å². The van der Waals surface area contributed by atoms with Crippen molar-refractivity contribution in [2.75, 3.05) is 13.9 Å². The highest BCUT2D eigenvalue weighted by Crippen LogP contribution is 2.29. The van der Waals surface area contributed by atoms with E-state index in [9.17, 15) is 14.7 Å². The highest BCUT2D eigenvalue weighted by molar-refractivity contribution is 6.38. The molecule has 0 aliphatic heterocycles. The first kappa shape index (κ1) is 15.6. The molecule has 0 spiro atoms. The minimum absolute atomic E-state index is 0.0764. The Hall–Kier alpha value is -2.80. The van der Waals surface area contributed by atoms with Crippen LogP contribution in [0.1, 0.15) is 5.56 Å². The van der Waals surface area contributed by atoms with Gasteiger partial charge >= 0.3 is 5.97 Å². The van der Waals surface area contributed by atoms with E-state index in [1.54, 1.807) is 36.0 Å². The lowest BCUT2D eigenvalue weighted by Crippen LogP contribution is -2.09. The van der Waals surface area contributed by atoms with Crippen LogP contribution in [0.4, 0.5) is 0 Å². The fraction of sp³-hybridized carbons (Fsp3) is 0.200. The van der Waals surface area contributed by atoms with Gasteiger partial charge < -0.3 is 24.3 Å². The van der Waals surface area contributed by atoms with E-state index >= 15 is 0 Å². The van der Waals surface area contributed by atoms with Gasteiger partial charge in [0.15, 0.2) is 6.79 Å². The second-order valence-electron chi connectivity index (χ2n) is 4.58. The highest BCUT2D eigenvalue weighted by atomic mass is 16.7. The molecular formula is C15H15NO6. The maximum atomic E-state index is 11.2. The van der Waals surface area contributed by atoms with E-state index in [0.29, 0.717) is 22.8 Å². The first-order valence-corrected chi connectivity index (χ1v) is 6.33. The molecule has 1 heterocycles. The highest BCUT2D eigenvalue weighted by Gasteiger charge is 2.15. The molecule has 0 fully saturated rings. The standard InChI is InChI=1S/C15H15NO6/c1-16-7-11(13(17)6-14(18)15(19)20)10-5-9(22-8-21-2)3-4-12(10)16/h3-7,17H,8H2,1-2H3,(H,19,20). The molecule has 0 atom stereocenters. The van der Waals surface area contributed by atoms with Gasteiger partial charge in [-0.1, -0.05) is 0 Å². The van der Waals surface area contributed by atoms with Crippen LogP contribution < -0.4 is 4.74 Å². The second-order valence-corrected chi connectivity index (χ2v) is 4.58. The number of carbonyl (C=O) groups excluding carboxylic acids is 1. The lowest BCUT2D eigenvalue weighted by molar-refractivity contribution is -0.146. The molecule has 0 saturated heterocycles. The second kappa shape index (κ2) is 6.31. The van der Waals surface area contributed by atoms with Crippen LogP contribution in [0.2, 0.25) is 0 Å². The van der Waals surface area contributed by atoms with Gasteiger partial charge in [0.1, 0.15) is 11.5 Å². The molecule has 2 N–H and O–H groups in total. The predicted molar refractivity (Wildman–Crippen MR) is 78.7 cm³/mol. The van der Waals surface area contributed by atoms with E-state index < -0.39 is 17.5 Å². The molecule has 0 radical (unpaired) electrons. The molecular weight excluding hydrogens is 290 g/mol. The maximum Gasteiger partial charge on any atom is 0.376 e. The number of ketones is 1. The van der Waals surface area contributed by atoms with Crippen LogP contribution in [0.3, 0.4) is 0 Å². The smallest absolute Gasteiger partial charge is 0.376 e. The summed E-state index contributed by atoms with van der Waals surface area (Å²) < 4.78 is 11.9. The van der Waals surface area contributed by atoms with E-state index in [1.165, 1.54) is 7.11 Å². The van der Waals surface area contributed by atoms with Gasteiger partial charge in [0.05, 0.1) is 0 Å². The maximum absolute atomic E-state index is 11.2. The Labute approximate surface area is 126 Å². The molecule has 1 aromatic carbocycles. The molecule has 2 rings (SSSR count). The molecule has 22 heavy (non-hydrogen) atoms. The normalized spacial score (nSPS) is 11.6. The van der Waals surface area contributed by atoms with Crippen molar-refractivity contribution in [3.8, 4) is 5.75 Å². The summed E-state index contributed by atoms with van der Waals surface area (Å²) in [6, 6.07) is 5.21. The van der Waals surface area contributed by atoms with Crippen molar-refractivity contribution in [2.24, 2.45) is 7.05 Å². The van der Waals surface area contributed by atoms with Crippen LogP contribution in [0.15, 0.2) is 30.5 Å². The summed E-state index contributed by atoms with van der Waals surface area (Å²) in [5, 5.41) is 19.2. The van der Waals surface area contributed by atoms with Gasteiger partial charge in [-0.2, -0.15) is 0 Å². The van der Waals surface area contributed by atoms with Crippen molar-refractivity contribution in [3.63, 3.8) is 0 Å². The summed E-state index contributed by atoms with van der Waals surface area (Å²) in [7, 11) is 3.27. The Kier molecular flexibility index (Phi) is 4.47. The topological polar surface area (TPSA) is 98.0 Å². The van der Waals surface area contributed by atoms with Crippen LogP contribution in [0, 0.1) is 0 Å². The molecule has 2 aromatic rings. The summed E-state index contributed by atoms with van der Waals surface area (Å²) in [5.41, 5.74) is 1.14. The quantitative estimate of drug-likeness (QED) is 0.365. The zero-order valence-corrected chi connectivity index (χ0v) is 12.1. The predicted octanol–water partition coefficient (Wildman–Crippen LogP) is 1.71. The van der Waals surface area contributed by atoms with Gasteiger partial charge in [-0.05, 0) is 18.2 Å². The SMILES string of the molecule is COCOc1ccc2c(c1)c(C(O)=CC(=O)C(=O)O)cn2C. The summed E-state index contributed by atoms with van der Waals surface area (Å²) in [6.07, 6.45) is 2.28. The number of aryl methyl sites for hydroxylation is 1. The van der Waals surface area contributed by atoms with E-state index in [1.807, 2.05) is 0 Å². The van der Waals surface area contributed by atoms with E-state index in [2.05, 4.69) is 0 Å². The molecule has 0 saturated carbocycles. The molecule has 7 heteroatoms. The number of carbonyl (C=O) groups is 2. The lowest BCUT2D eigenvalue weighted by atomic mass is 10.1. The van der Waals surface area contributed by atoms with Crippen molar-refractivity contribution >= 4 is 28.4 Å². The minimum Gasteiger partial charge on any atom is -0.507 e. The van der Waals surface area contributed by atoms with Crippen molar-refractivity contribution in [1.29, 1.82) is 0 Å². The third kappa shape index (κ3) is 3.09. The van der Waals surface area contributed by atoms with Crippen molar-refractivity contribution in [1.82, 2.24) is 4.57 Å². The minimum atomic E-state index is -1.63. The van der Waals surface area contributed by atoms with Crippen LogP contribution >= 0.6 is 0 Å². The van der Waals surface area contributed by atoms with Crippen LogP contribution in [0.5, 0.6) is 5.75 Å². The van der Waals surface area contributed by atoms with Gasteiger partial charge in [0.2, 0.25) is 0 Å².